The summed E-state index contributed by atoms with van der Waals surface area (Å²) in [5.41, 5.74) is 1.05. The fourth-order valence-electron chi connectivity index (χ4n) is 2.96. The summed E-state index contributed by atoms with van der Waals surface area (Å²) < 4.78 is 0. The number of benzene rings is 1. The number of halogens is 1. The molecule has 8 heteroatoms. The molecule has 7 nitrogen and oxygen atoms in total. The summed E-state index contributed by atoms with van der Waals surface area (Å²) in [6.07, 6.45) is 3.95. The lowest BCUT2D eigenvalue weighted by molar-refractivity contribution is -0.136. The van der Waals surface area contributed by atoms with Crippen LogP contribution in [0.3, 0.4) is 0 Å². The van der Waals surface area contributed by atoms with Crippen molar-refractivity contribution in [3.05, 3.63) is 53.3 Å². The number of aromatic nitrogens is 2. The molecule has 2 aromatic rings. The molecule has 0 aliphatic carbocycles. The minimum atomic E-state index is -0.254. The molecule has 1 aliphatic rings. The van der Waals surface area contributed by atoms with Crippen LogP contribution < -0.4 is 10.2 Å². The Balaban J connectivity index is 1.38. The molecule has 1 aromatic heterocycles. The maximum absolute atomic E-state index is 12.3. The summed E-state index contributed by atoms with van der Waals surface area (Å²) in [5, 5.41) is 3.47. The second kappa shape index (κ2) is 9.32. The lowest BCUT2D eigenvalue weighted by Gasteiger charge is -2.34. The standard InChI is InChI=1S/C19H22ClN5O2/c20-16-4-1-3-15(13-16)5-8-21-17(26)14-18(27)24-9-11-25(12-10-24)19-22-6-2-7-23-19/h1-4,6-7,13H,5,8-12,14H2,(H,21,26). The predicted octanol–water partition coefficient (Wildman–Crippen LogP) is 1.53. The van der Waals surface area contributed by atoms with Crippen LogP contribution in [-0.4, -0.2) is 59.4 Å². The third-order valence-electron chi connectivity index (χ3n) is 4.40. The van der Waals surface area contributed by atoms with Gasteiger partial charge in [0.05, 0.1) is 0 Å². The first kappa shape index (κ1) is 19.1. The number of nitrogens with one attached hydrogen (secondary N) is 1. The molecule has 0 saturated carbocycles. The summed E-state index contributed by atoms with van der Waals surface area (Å²) in [5.74, 6) is 0.267. The van der Waals surface area contributed by atoms with Crippen LogP contribution in [0.5, 0.6) is 0 Å². The molecule has 1 N–H and O–H groups in total. The van der Waals surface area contributed by atoms with Crippen molar-refractivity contribution in [1.82, 2.24) is 20.2 Å². The lowest BCUT2D eigenvalue weighted by atomic mass is 10.1. The smallest absolute Gasteiger partial charge is 0.232 e. The van der Waals surface area contributed by atoms with Crippen molar-refractivity contribution >= 4 is 29.4 Å². The molecule has 0 radical (unpaired) electrons. The van der Waals surface area contributed by atoms with E-state index in [9.17, 15) is 9.59 Å². The van der Waals surface area contributed by atoms with Gasteiger partial charge in [0.2, 0.25) is 17.8 Å². The van der Waals surface area contributed by atoms with E-state index < -0.39 is 0 Å². The zero-order chi connectivity index (χ0) is 19.1. The van der Waals surface area contributed by atoms with Crippen molar-refractivity contribution in [2.45, 2.75) is 12.8 Å². The number of carbonyl (C=O) groups excluding carboxylic acids is 2. The van der Waals surface area contributed by atoms with E-state index in [1.54, 1.807) is 23.4 Å². The number of amides is 2. The number of piperazine rings is 1. The molecule has 0 spiro atoms. The van der Waals surface area contributed by atoms with Crippen LogP contribution in [0, 0.1) is 0 Å². The average Bonchev–Trinajstić information content (AvgIpc) is 2.69. The molecular formula is C19H22ClN5O2. The molecule has 3 rings (SSSR count). The number of carbonyl (C=O) groups is 2. The Bertz CT molecular complexity index is 779. The molecule has 1 saturated heterocycles. The van der Waals surface area contributed by atoms with E-state index in [0.29, 0.717) is 50.1 Å². The Morgan fingerprint density at radius 1 is 1.07 bits per heavy atom. The topological polar surface area (TPSA) is 78.4 Å². The Hall–Kier alpha value is -2.67. The summed E-state index contributed by atoms with van der Waals surface area (Å²) in [6.45, 7) is 2.92. The first-order valence-corrected chi connectivity index (χ1v) is 9.30. The van der Waals surface area contributed by atoms with Crippen molar-refractivity contribution in [2.75, 3.05) is 37.6 Å². The van der Waals surface area contributed by atoms with E-state index in [1.807, 2.05) is 29.2 Å². The molecule has 0 unspecified atom stereocenters. The summed E-state index contributed by atoms with van der Waals surface area (Å²) in [7, 11) is 0. The van der Waals surface area contributed by atoms with Crippen LogP contribution in [0.2, 0.25) is 5.02 Å². The van der Waals surface area contributed by atoms with E-state index in [2.05, 4.69) is 15.3 Å². The molecule has 142 valence electrons. The van der Waals surface area contributed by atoms with E-state index in [0.717, 1.165) is 5.56 Å². The minimum absolute atomic E-state index is 0.128. The normalized spacial score (nSPS) is 14.1. The summed E-state index contributed by atoms with van der Waals surface area (Å²) >= 11 is 5.94. The second-order valence-corrected chi connectivity index (χ2v) is 6.76. The fraction of sp³-hybridized carbons (Fsp3) is 0.368. The highest BCUT2D eigenvalue weighted by molar-refractivity contribution is 6.30. The molecule has 0 bridgehead atoms. The Kier molecular flexibility index (Phi) is 6.59. The van der Waals surface area contributed by atoms with Crippen LogP contribution in [-0.2, 0) is 16.0 Å². The maximum atomic E-state index is 12.3. The molecule has 2 heterocycles. The summed E-state index contributed by atoms with van der Waals surface area (Å²) in [4.78, 5) is 36.6. The van der Waals surface area contributed by atoms with Gasteiger partial charge >= 0.3 is 0 Å². The van der Waals surface area contributed by atoms with Crippen LogP contribution in [0.4, 0.5) is 5.95 Å². The van der Waals surface area contributed by atoms with E-state index in [-0.39, 0.29) is 18.2 Å². The van der Waals surface area contributed by atoms with E-state index >= 15 is 0 Å². The van der Waals surface area contributed by atoms with Crippen molar-refractivity contribution in [2.24, 2.45) is 0 Å². The predicted molar refractivity (Wildman–Crippen MR) is 104 cm³/mol. The van der Waals surface area contributed by atoms with Crippen LogP contribution in [0.1, 0.15) is 12.0 Å². The van der Waals surface area contributed by atoms with Gasteiger partial charge in [0, 0.05) is 50.1 Å². The molecule has 2 amide bonds. The highest BCUT2D eigenvalue weighted by atomic mass is 35.5. The highest BCUT2D eigenvalue weighted by Crippen LogP contribution is 2.11. The van der Waals surface area contributed by atoms with Crippen LogP contribution in [0.15, 0.2) is 42.7 Å². The van der Waals surface area contributed by atoms with Crippen molar-refractivity contribution in [3.8, 4) is 0 Å². The van der Waals surface area contributed by atoms with Gasteiger partial charge in [-0.2, -0.15) is 0 Å². The quantitative estimate of drug-likeness (QED) is 0.760. The molecular weight excluding hydrogens is 366 g/mol. The second-order valence-electron chi connectivity index (χ2n) is 6.32. The number of rotatable bonds is 6. The van der Waals surface area contributed by atoms with E-state index in [1.165, 1.54) is 0 Å². The van der Waals surface area contributed by atoms with Crippen LogP contribution >= 0.6 is 11.6 Å². The first-order chi connectivity index (χ1) is 13.1. The van der Waals surface area contributed by atoms with Gasteiger partial charge in [-0.1, -0.05) is 23.7 Å². The van der Waals surface area contributed by atoms with Crippen molar-refractivity contribution in [1.29, 1.82) is 0 Å². The maximum Gasteiger partial charge on any atom is 0.232 e. The molecule has 1 aromatic carbocycles. The lowest BCUT2D eigenvalue weighted by Crippen LogP contribution is -2.50. The Morgan fingerprint density at radius 3 is 2.52 bits per heavy atom. The van der Waals surface area contributed by atoms with Gasteiger partial charge in [0.25, 0.3) is 0 Å². The SMILES string of the molecule is O=C(CC(=O)N1CCN(c2ncccn2)CC1)NCCc1cccc(Cl)c1. The zero-order valence-electron chi connectivity index (χ0n) is 15.0. The molecule has 0 atom stereocenters. The number of hydrogen-bond donors (Lipinski definition) is 1. The van der Waals surface area contributed by atoms with Crippen molar-refractivity contribution < 1.29 is 9.59 Å². The van der Waals surface area contributed by atoms with E-state index in [4.69, 9.17) is 11.6 Å². The molecule has 1 aliphatic heterocycles. The van der Waals surface area contributed by atoms with Gasteiger partial charge in [-0.05, 0) is 30.2 Å². The van der Waals surface area contributed by atoms with Gasteiger partial charge in [-0.15, -0.1) is 0 Å². The van der Waals surface area contributed by atoms with Gasteiger partial charge in [0.1, 0.15) is 6.42 Å². The number of nitrogens with zero attached hydrogens (tertiary/aromatic N) is 4. The fourth-order valence-corrected chi connectivity index (χ4v) is 3.17. The van der Waals surface area contributed by atoms with Gasteiger partial charge < -0.3 is 15.1 Å². The zero-order valence-corrected chi connectivity index (χ0v) is 15.7. The van der Waals surface area contributed by atoms with Gasteiger partial charge in [-0.3, -0.25) is 9.59 Å². The molecule has 27 heavy (non-hydrogen) atoms. The Labute approximate surface area is 163 Å². The third kappa shape index (κ3) is 5.65. The molecule has 1 fully saturated rings. The summed E-state index contributed by atoms with van der Waals surface area (Å²) in [6, 6.07) is 9.29. The van der Waals surface area contributed by atoms with Gasteiger partial charge in [-0.25, -0.2) is 9.97 Å². The Morgan fingerprint density at radius 2 is 1.81 bits per heavy atom. The minimum Gasteiger partial charge on any atom is -0.355 e. The number of hydrogen-bond acceptors (Lipinski definition) is 5. The average molecular weight is 388 g/mol. The van der Waals surface area contributed by atoms with Crippen LogP contribution in [0.25, 0.3) is 0 Å². The van der Waals surface area contributed by atoms with Crippen molar-refractivity contribution in [3.63, 3.8) is 0 Å². The van der Waals surface area contributed by atoms with Gasteiger partial charge in [0.15, 0.2) is 0 Å². The first-order valence-electron chi connectivity index (χ1n) is 8.93. The number of anilines is 1. The monoisotopic (exact) mass is 387 g/mol. The third-order valence-corrected chi connectivity index (χ3v) is 4.64. The largest absolute Gasteiger partial charge is 0.355 e. The highest BCUT2D eigenvalue weighted by Gasteiger charge is 2.23.